The summed E-state index contributed by atoms with van der Waals surface area (Å²) in [6, 6.07) is 6.01. The molecule has 7 heteroatoms. The lowest BCUT2D eigenvalue weighted by Crippen LogP contribution is -2.38. The average molecular weight is 444 g/mol. The Morgan fingerprint density at radius 2 is 2.03 bits per heavy atom. The molecule has 0 radical (unpaired) electrons. The first-order valence-electron chi connectivity index (χ1n) is 11.3. The number of aromatic nitrogens is 1. The van der Waals surface area contributed by atoms with Crippen LogP contribution in [0.25, 0.3) is 0 Å². The van der Waals surface area contributed by atoms with Crippen LogP contribution in [0, 0.1) is 13.8 Å². The molecule has 1 saturated heterocycles. The van der Waals surface area contributed by atoms with Crippen molar-refractivity contribution in [2.45, 2.75) is 64.4 Å². The third-order valence-electron chi connectivity index (χ3n) is 6.45. The molecule has 2 heterocycles. The Balaban J connectivity index is 1.26. The van der Waals surface area contributed by atoms with Crippen LogP contribution in [0.15, 0.2) is 18.2 Å². The van der Waals surface area contributed by atoms with Gasteiger partial charge in [0, 0.05) is 11.4 Å². The second kappa shape index (κ2) is 9.67. The number of carbonyl (C=O) groups is 1. The van der Waals surface area contributed by atoms with Gasteiger partial charge in [0.05, 0.1) is 17.8 Å². The van der Waals surface area contributed by atoms with Crippen molar-refractivity contribution in [1.82, 2.24) is 9.88 Å². The number of hydrogen-bond acceptors (Lipinski definition) is 6. The van der Waals surface area contributed by atoms with Crippen LogP contribution in [0.1, 0.15) is 53.8 Å². The van der Waals surface area contributed by atoms with Crippen molar-refractivity contribution >= 4 is 22.4 Å². The van der Waals surface area contributed by atoms with Gasteiger partial charge >= 0.3 is 0 Å². The minimum absolute atomic E-state index is 0.0251. The molecule has 31 heavy (non-hydrogen) atoms. The predicted octanol–water partition coefficient (Wildman–Crippen LogP) is 3.87. The fourth-order valence-corrected chi connectivity index (χ4v) is 5.39. The number of thiazole rings is 1. The number of nitrogens with one attached hydrogen (secondary N) is 1. The summed E-state index contributed by atoms with van der Waals surface area (Å²) < 4.78 is 5.92. The van der Waals surface area contributed by atoms with Crippen molar-refractivity contribution in [2.75, 3.05) is 31.6 Å². The van der Waals surface area contributed by atoms with E-state index < -0.39 is 5.60 Å². The topological polar surface area (TPSA) is 74.7 Å². The highest BCUT2D eigenvalue weighted by Crippen LogP contribution is 2.30. The Morgan fingerprint density at radius 3 is 2.84 bits per heavy atom. The van der Waals surface area contributed by atoms with Crippen LogP contribution in [0.4, 0.5) is 5.13 Å². The molecule has 4 rings (SSSR count). The van der Waals surface area contributed by atoms with Gasteiger partial charge in [0.15, 0.2) is 5.13 Å². The first-order chi connectivity index (χ1) is 14.9. The zero-order valence-electron chi connectivity index (χ0n) is 18.6. The molecule has 1 aliphatic carbocycles. The fourth-order valence-electron chi connectivity index (χ4n) is 4.33. The maximum atomic E-state index is 12.6. The number of benzene rings is 1. The van der Waals surface area contributed by atoms with Crippen LogP contribution >= 0.6 is 11.3 Å². The van der Waals surface area contributed by atoms with Crippen LogP contribution in [0.2, 0.25) is 0 Å². The van der Waals surface area contributed by atoms with Gasteiger partial charge in [0.2, 0.25) is 5.91 Å². The lowest BCUT2D eigenvalue weighted by Gasteiger charge is -2.27. The van der Waals surface area contributed by atoms with Gasteiger partial charge in [-0.3, -0.25) is 9.69 Å². The molecule has 6 nitrogen and oxygen atoms in total. The first-order valence-corrected chi connectivity index (χ1v) is 12.2. The number of amides is 1. The number of likely N-dealkylation sites (tertiary alicyclic amines) is 1. The van der Waals surface area contributed by atoms with E-state index in [1.807, 2.05) is 18.2 Å². The Kier molecular flexibility index (Phi) is 6.94. The number of fused-ring (bicyclic) bond motifs is 1. The minimum atomic E-state index is -0.863. The zero-order valence-corrected chi connectivity index (χ0v) is 19.4. The predicted molar refractivity (Wildman–Crippen MR) is 124 cm³/mol. The summed E-state index contributed by atoms with van der Waals surface area (Å²) in [7, 11) is 0. The monoisotopic (exact) mass is 443 g/mol. The molecule has 168 valence electrons. The van der Waals surface area contributed by atoms with E-state index in [2.05, 4.69) is 29.0 Å². The second-order valence-electron chi connectivity index (χ2n) is 9.03. The van der Waals surface area contributed by atoms with Crippen molar-refractivity contribution in [2.24, 2.45) is 0 Å². The summed E-state index contributed by atoms with van der Waals surface area (Å²) in [6.07, 6.45) is 6.62. The zero-order chi connectivity index (χ0) is 21.8. The van der Waals surface area contributed by atoms with E-state index in [1.165, 1.54) is 28.8 Å². The van der Waals surface area contributed by atoms with Crippen LogP contribution in [-0.2, 0) is 17.6 Å². The standard InChI is InChI=1S/C24H33N3O3S/c1-17-8-9-19(14-18(17)2)30-16-24(29)10-5-12-27(13-11-24)15-22(28)26-23-25-20-6-3-4-7-21(20)31-23/h8-9,14,29H,3-7,10-13,15-16H2,1-2H3,(H,25,26,28). The average Bonchev–Trinajstić information content (AvgIpc) is 3.05. The van der Waals surface area contributed by atoms with E-state index in [1.54, 1.807) is 11.3 Å². The van der Waals surface area contributed by atoms with Gasteiger partial charge in [-0.25, -0.2) is 4.98 Å². The molecule has 1 aliphatic heterocycles. The summed E-state index contributed by atoms with van der Waals surface area (Å²) in [6.45, 7) is 6.22. The van der Waals surface area contributed by atoms with Crippen molar-refractivity contribution in [3.8, 4) is 5.75 Å². The van der Waals surface area contributed by atoms with Crippen LogP contribution < -0.4 is 10.1 Å². The van der Waals surface area contributed by atoms with E-state index in [-0.39, 0.29) is 12.5 Å². The Bertz CT molecular complexity index is 905. The van der Waals surface area contributed by atoms with Crippen molar-refractivity contribution in [3.63, 3.8) is 0 Å². The van der Waals surface area contributed by atoms with E-state index >= 15 is 0 Å². The number of aryl methyl sites for hydroxylation is 4. The summed E-state index contributed by atoms with van der Waals surface area (Å²) >= 11 is 1.62. The number of hydrogen-bond donors (Lipinski definition) is 2. The molecule has 0 bridgehead atoms. The Labute approximate surface area is 188 Å². The maximum Gasteiger partial charge on any atom is 0.240 e. The van der Waals surface area contributed by atoms with Crippen LogP contribution in [0.3, 0.4) is 0 Å². The summed E-state index contributed by atoms with van der Waals surface area (Å²) in [4.78, 5) is 20.6. The van der Waals surface area contributed by atoms with E-state index in [0.717, 1.165) is 42.4 Å². The van der Waals surface area contributed by atoms with Gasteiger partial charge in [-0.05, 0) is 88.6 Å². The highest BCUT2D eigenvalue weighted by molar-refractivity contribution is 7.15. The number of aliphatic hydroxyl groups is 1. The molecule has 1 aromatic carbocycles. The maximum absolute atomic E-state index is 12.6. The lowest BCUT2D eigenvalue weighted by atomic mass is 9.96. The number of ether oxygens (including phenoxy) is 1. The van der Waals surface area contributed by atoms with Crippen molar-refractivity contribution in [1.29, 1.82) is 0 Å². The summed E-state index contributed by atoms with van der Waals surface area (Å²) in [5.41, 5.74) is 2.71. The molecule has 1 fully saturated rings. The molecule has 0 spiro atoms. The quantitative estimate of drug-likeness (QED) is 0.709. The number of nitrogens with zero attached hydrogens (tertiary/aromatic N) is 2. The number of anilines is 1. The van der Waals surface area contributed by atoms with Gasteiger partial charge in [0.25, 0.3) is 0 Å². The molecule has 1 amide bonds. The number of rotatable bonds is 6. The largest absolute Gasteiger partial charge is 0.491 e. The van der Waals surface area contributed by atoms with E-state index in [4.69, 9.17) is 4.74 Å². The SMILES string of the molecule is Cc1ccc(OCC2(O)CCCN(CC(=O)Nc3nc4c(s3)CCCC4)CC2)cc1C. The number of carbonyl (C=O) groups excluding carboxylic acids is 1. The summed E-state index contributed by atoms with van der Waals surface area (Å²) in [5, 5.41) is 14.8. The van der Waals surface area contributed by atoms with Gasteiger partial charge in [-0.1, -0.05) is 6.07 Å². The summed E-state index contributed by atoms with van der Waals surface area (Å²) in [5.74, 6) is 0.770. The Morgan fingerprint density at radius 1 is 1.19 bits per heavy atom. The molecular formula is C24H33N3O3S. The van der Waals surface area contributed by atoms with E-state index in [0.29, 0.717) is 25.9 Å². The van der Waals surface area contributed by atoms with Gasteiger partial charge in [-0.15, -0.1) is 11.3 Å². The normalized spacial score (nSPS) is 21.9. The minimum Gasteiger partial charge on any atom is -0.491 e. The highest BCUT2D eigenvalue weighted by Gasteiger charge is 2.31. The molecule has 1 unspecified atom stereocenters. The molecule has 2 N–H and O–H groups in total. The van der Waals surface area contributed by atoms with Crippen molar-refractivity contribution < 1.29 is 14.6 Å². The fraction of sp³-hybridized carbons (Fsp3) is 0.583. The third-order valence-corrected chi connectivity index (χ3v) is 7.53. The first kappa shape index (κ1) is 22.2. The molecular weight excluding hydrogens is 410 g/mol. The van der Waals surface area contributed by atoms with Gasteiger partial charge < -0.3 is 15.2 Å². The molecule has 1 atom stereocenters. The van der Waals surface area contributed by atoms with E-state index in [9.17, 15) is 9.90 Å². The third kappa shape index (κ3) is 5.84. The van der Waals surface area contributed by atoms with Gasteiger partial charge in [-0.2, -0.15) is 0 Å². The molecule has 2 aromatic rings. The smallest absolute Gasteiger partial charge is 0.240 e. The lowest BCUT2D eigenvalue weighted by molar-refractivity contribution is -0.117. The second-order valence-corrected chi connectivity index (χ2v) is 10.1. The van der Waals surface area contributed by atoms with Gasteiger partial charge in [0.1, 0.15) is 12.4 Å². The van der Waals surface area contributed by atoms with Crippen LogP contribution in [0.5, 0.6) is 5.75 Å². The Hall–Kier alpha value is -1.96. The molecule has 0 saturated carbocycles. The highest BCUT2D eigenvalue weighted by atomic mass is 32.1. The van der Waals surface area contributed by atoms with Crippen molar-refractivity contribution in [3.05, 3.63) is 39.9 Å². The molecule has 2 aliphatic rings. The molecule has 1 aromatic heterocycles. The van der Waals surface area contributed by atoms with Crippen LogP contribution in [-0.4, -0.2) is 52.7 Å².